The number of pyridine rings is 1. The van der Waals surface area contributed by atoms with Crippen LogP contribution < -0.4 is 4.74 Å². The highest BCUT2D eigenvalue weighted by atomic mass is 32.2. The standard InChI is InChI=1S/C10H11N3OS2/c1-7(8-5-3-4-6-11-8)14-10-12-9(15-2)13-16-10/h3-7H,1-2H3. The first-order chi connectivity index (χ1) is 7.79. The second kappa shape index (κ2) is 5.27. The number of ether oxygens (including phenoxy) is 1. The SMILES string of the molecule is CSc1nsc(OC(C)c2ccccn2)n1. The lowest BCUT2D eigenvalue weighted by atomic mass is 10.2. The molecule has 0 saturated carbocycles. The van der Waals surface area contributed by atoms with E-state index in [0.29, 0.717) is 5.19 Å². The summed E-state index contributed by atoms with van der Waals surface area (Å²) in [5.74, 6) is 0. The molecule has 0 aliphatic heterocycles. The second-order valence-electron chi connectivity index (χ2n) is 3.06. The third-order valence-corrected chi connectivity index (χ3v) is 3.22. The van der Waals surface area contributed by atoms with E-state index >= 15 is 0 Å². The van der Waals surface area contributed by atoms with Crippen molar-refractivity contribution in [3.8, 4) is 5.19 Å². The van der Waals surface area contributed by atoms with E-state index in [1.54, 1.807) is 6.20 Å². The first-order valence-electron chi connectivity index (χ1n) is 4.75. The zero-order valence-corrected chi connectivity index (χ0v) is 10.6. The molecule has 2 aromatic heterocycles. The van der Waals surface area contributed by atoms with E-state index in [9.17, 15) is 0 Å². The molecule has 6 heteroatoms. The smallest absolute Gasteiger partial charge is 0.294 e. The average Bonchev–Trinajstić information content (AvgIpc) is 2.78. The molecule has 2 rings (SSSR count). The van der Waals surface area contributed by atoms with E-state index in [0.717, 1.165) is 10.9 Å². The van der Waals surface area contributed by atoms with Gasteiger partial charge in [0, 0.05) is 17.7 Å². The molecule has 2 heterocycles. The van der Waals surface area contributed by atoms with Gasteiger partial charge in [0.05, 0.1) is 5.69 Å². The third kappa shape index (κ3) is 2.70. The predicted octanol–water partition coefficient (Wildman–Crippen LogP) is 2.80. The maximum absolute atomic E-state index is 5.65. The van der Waals surface area contributed by atoms with Crippen LogP contribution in [0.1, 0.15) is 18.7 Å². The Bertz CT molecular complexity index is 446. The van der Waals surface area contributed by atoms with Gasteiger partial charge in [-0.25, -0.2) is 0 Å². The minimum absolute atomic E-state index is 0.108. The molecule has 4 nitrogen and oxygen atoms in total. The lowest BCUT2D eigenvalue weighted by Crippen LogP contribution is -2.04. The summed E-state index contributed by atoms with van der Waals surface area (Å²) in [4.78, 5) is 8.44. The summed E-state index contributed by atoms with van der Waals surface area (Å²) in [6.07, 6.45) is 3.58. The first kappa shape index (κ1) is 11.3. The fourth-order valence-corrected chi connectivity index (χ4v) is 2.31. The van der Waals surface area contributed by atoms with Gasteiger partial charge in [0.25, 0.3) is 5.19 Å². The summed E-state index contributed by atoms with van der Waals surface area (Å²) in [5.41, 5.74) is 0.892. The molecular formula is C10H11N3OS2. The van der Waals surface area contributed by atoms with Crippen molar-refractivity contribution in [3.63, 3.8) is 0 Å². The van der Waals surface area contributed by atoms with Gasteiger partial charge in [0.1, 0.15) is 6.10 Å². The minimum atomic E-state index is -0.108. The molecule has 0 amide bonds. The Balaban J connectivity index is 2.05. The van der Waals surface area contributed by atoms with Gasteiger partial charge in [-0.3, -0.25) is 4.98 Å². The number of nitrogens with zero attached hydrogens (tertiary/aromatic N) is 3. The van der Waals surface area contributed by atoms with Crippen molar-refractivity contribution in [3.05, 3.63) is 30.1 Å². The summed E-state index contributed by atoms with van der Waals surface area (Å²) < 4.78 is 9.78. The molecule has 2 aromatic rings. The molecule has 0 N–H and O–H groups in total. The van der Waals surface area contributed by atoms with E-state index in [1.807, 2.05) is 31.4 Å². The number of aromatic nitrogens is 3. The quantitative estimate of drug-likeness (QED) is 0.784. The molecule has 1 unspecified atom stereocenters. The Hall–Kier alpha value is -1.14. The molecule has 0 spiro atoms. The van der Waals surface area contributed by atoms with E-state index in [-0.39, 0.29) is 6.10 Å². The lowest BCUT2D eigenvalue weighted by Gasteiger charge is -2.10. The maximum Gasteiger partial charge on any atom is 0.294 e. The molecule has 0 bridgehead atoms. The second-order valence-corrected chi connectivity index (χ2v) is 4.55. The first-order valence-corrected chi connectivity index (χ1v) is 6.74. The van der Waals surface area contributed by atoms with Crippen molar-refractivity contribution in [2.45, 2.75) is 18.2 Å². The van der Waals surface area contributed by atoms with Crippen molar-refractivity contribution in [2.24, 2.45) is 0 Å². The van der Waals surface area contributed by atoms with Crippen LogP contribution in [0.4, 0.5) is 0 Å². The molecule has 0 radical (unpaired) electrons. The molecule has 0 fully saturated rings. The Morgan fingerprint density at radius 2 is 2.31 bits per heavy atom. The third-order valence-electron chi connectivity index (χ3n) is 1.95. The van der Waals surface area contributed by atoms with Gasteiger partial charge in [-0.05, 0) is 25.3 Å². The summed E-state index contributed by atoms with van der Waals surface area (Å²) in [6.45, 7) is 1.95. The highest BCUT2D eigenvalue weighted by molar-refractivity contribution is 7.98. The zero-order chi connectivity index (χ0) is 11.4. The van der Waals surface area contributed by atoms with Gasteiger partial charge in [-0.1, -0.05) is 17.8 Å². The van der Waals surface area contributed by atoms with Crippen LogP contribution in [0.5, 0.6) is 5.19 Å². The number of rotatable bonds is 4. The van der Waals surface area contributed by atoms with E-state index in [4.69, 9.17) is 4.74 Å². The molecule has 0 saturated heterocycles. The lowest BCUT2D eigenvalue weighted by molar-refractivity contribution is 0.220. The van der Waals surface area contributed by atoms with Crippen molar-refractivity contribution < 1.29 is 4.74 Å². The van der Waals surface area contributed by atoms with Crippen LogP contribution in [0.3, 0.4) is 0 Å². The van der Waals surface area contributed by atoms with Crippen LogP contribution in [0.15, 0.2) is 29.6 Å². The molecule has 1 atom stereocenters. The molecule has 0 aromatic carbocycles. The van der Waals surface area contributed by atoms with Crippen LogP contribution in [0.2, 0.25) is 0 Å². The Labute approximate surface area is 102 Å². The largest absolute Gasteiger partial charge is 0.459 e. The summed E-state index contributed by atoms with van der Waals surface area (Å²) in [7, 11) is 0. The predicted molar refractivity (Wildman–Crippen MR) is 65.0 cm³/mol. The monoisotopic (exact) mass is 253 g/mol. The van der Waals surface area contributed by atoms with E-state index in [1.165, 1.54) is 23.3 Å². The van der Waals surface area contributed by atoms with E-state index < -0.39 is 0 Å². The average molecular weight is 253 g/mol. The molecular weight excluding hydrogens is 242 g/mol. The topological polar surface area (TPSA) is 47.9 Å². The highest BCUT2D eigenvalue weighted by Crippen LogP contribution is 2.24. The number of thioether (sulfide) groups is 1. The zero-order valence-electron chi connectivity index (χ0n) is 8.95. The minimum Gasteiger partial charge on any atom is -0.459 e. The van der Waals surface area contributed by atoms with Gasteiger partial charge in [-0.2, -0.15) is 9.36 Å². The summed E-state index contributed by atoms with van der Waals surface area (Å²) in [5, 5.41) is 1.33. The van der Waals surface area contributed by atoms with Gasteiger partial charge < -0.3 is 4.74 Å². The van der Waals surface area contributed by atoms with Gasteiger partial charge in [0.2, 0.25) is 5.16 Å². The molecule has 0 aliphatic carbocycles. The van der Waals surface area contributed by atoms with E-state index in [2.05, 4.69) is 14.3 Å². The van der Waals surface area contributed by atoms with Crippen LogP contribution >= 0.6 is 23.3 Å². The fourth-order valence-electron chi connectivity index (χ4n) is 1.16. The number of hydrogen-bond acceptors (Lipinski definition) is 6. The van der Waals surface area contributed by atoms with Crippen LogP contribution in [-0.2, 0) is 0 Å². The van der Waals surface area contributed by atoms with Crippen LogP contribution in [0, 0.1) is 0 Å². The molecule has 16 heavy (non-hydrogen) atoms. The maximum atomic E-state index is 5.65. The highest BCUT2D eigenvalue weighted by Gasteiger charge is 2.11. The Kier molecular flexibility index (Phi) is 3.74. The Morgan fingerprint density at radius 1 is 1.44 bits per heavy atom. The van der Waals surface area contributed by atoms with Crippen LogP contribution in [-0.4, -0.2) is 20.6 Å². The van der Waals surface area contributed by atoms with Crippen LogP contribution in [0.25, 0.3) is 0 Å². The van der Waals surface area contributed by atoms with Gasteiger partial charge in [0.15, 0.2) is 0 Å². The summed E-state index contributed by atoms with van der Waals surface area (Å²) >= 11 is 2.77. The van der Waals surface area contributed by atoms with Crippen molar-refractivity contribution >= 4 is 23.3 Å². The van der Waals surface area contributed by atoms with Crippen molar-refractivity contribution in [1.82, 2.24) is 14.3 Å². The normalized spacial score (nSPS) is 12.4. The number of hydrogen-bond donors (Lipinski definition) is 0. The van der Waals surface area contributed by atoms with Crippen molar-refractivity contribution in [2.75, 3.05) is 6.26 Å². The fraction of sp³-hybridized carbons (Fsp3) is 0.300. The van der Waals surface area contributed by atoms with Gasteiger partial charge in [-0.15, -0.1) is 0 Å². The Morgan fingerprint density at radius 3 is 2.94 bits per heavy atom. The van der Waals surface area contributed by atoms with Crippen molar-refractivity contribution in [1.29, 1.82) is 0 Å². The van der Waals surface area contributed by atoms with Gasteiger partial charge >= 0.3 is 0 Å². The summed E-state index contributed by atoms with van der Waals surface area (Å²) in [6, 6.07) is 5.75. The molecule has 0 aliphatic rings. The molecule has 84 valence electrons.